The van der Waals surface area contributed by atoms with Gasteiger partial charge >= 0.3 is 5.97 Å². The Morgan fingerprint density at radius 1 is 1.35 bits per heavy atom. The molecule has 0 heterocycles. The number of carbonyl (C=O) groups is 1. The molecule has 0 amide bonds. The van der Waals surface area contributed by atoms with Crippen molar-refractivity contribution in [1.29, 1.82) is 0 Å². The fraction of sp³-hybridized carbons (Fsp3) is 0.769. The van der Waals surface area contributed by atoms with Gasteiger partial charge in [-0.3, -0.25) is 0 Å². The first-order chi connectivity index (χ1) is 8.11. The number of rotatable bonds is 11. The molecular formula is C13H26O3Si. The summed E-state index contributed by atoms with van der Waals surface area (Å²) in [4.78, 5) is 10.7. The maximum absolute atomic E-state index is 10.7. The molecule has 0 rings (SSSR count). The Morgan fingerprint density at radius 2 is 2.06 bits per heavy atom. The third kappa shape index (κ3) is 9.12. The summed E-state index contributed by atoms with van der Waals surface area (Å²) in [5.74, 6) is -0.865. The zero-order valence-corrected chi connectivity index (χ0v) is 12.6. The maximum Gasteiger partial charge on any atom is 0.330 e. The van der Waals surface area contributed by atoms with E-state index in [1.807, 2.05) is 6.92 Å². The molecular weight excluding hydrogens is 232 g/mol. The Hall–Kier alpha value is -0.613. The lowest BCUT2D eigenvalue weighted by atomic mass is 10.1. The first-order valence-corrected chi connectivity index (χ1v) is 7.99. The average molecular weight is 258 g/mol. The van der Waals surface area contributed by atoms with E-state index in [4.69, 9.17) is 9.53 Å². The predicted molar refractivity (Wildman–Crippen MR) is 74.1 cm³/mol. The van der Waals surface area contributed by atoms with E-state index >= 15 is 0 Å². The maximum atomic E-state index is 10.7. The van der Waals surface area contributed by atoms with Crippen LogP contribution in [0.3, 0.4) is 0 Å². The number of unbranched alkanes of at least 4 members (excludes halogenated alkanes) is 2. The SMILES string of the molecule is C=C(CCC(CCCCC)[SiH2]OCC)C(=O)O. The van der Waals surface area contributed by atoms with E-state index < -0.39 is 15.7 Å². The van der Waals surface area contributed by atoms with Gasteiger partial charge in [0.2, 0.25) is 0 Å². The summed E-state index contributed by atoms with van der Waals surface area (Å²) in [6.45, 7) is 8.58. The largest absolute Gasteiger partial charge is 0.478 e. The van der Waals surface area contributed by atoms with Crippen LogP contribution in [0.5, 0.6) is 0 Å². The van der Waals surface area contributed by atoms with Crippen LogP contribution >= 0.6 is 0 Å². The summed E-state index contributed by atoms with van der Waals surface area (Å²) in [5.41, 5.74) is 0.939. The van der Waals surface area contributed by atoms with Crippen LogP contribution < -0.4 is 0 Å². The molecule has 0 aliphatic carbocycles. The van der Waals surface area contributed by atoms with Crippen molar-refractivity contribution >= 4 is 15.7 Å². The smallest absolute Gasteiger partial charge is 0.330 e. The van der Waals surface area contributed by atoms with Gasteiger partial charge in [-0.15, -0.1) is 0 Å². The fourth-order valence-electron chi connectivity index (χ4n) is 1.76. The van der Waals surface area contributed by atoms with Gasteiger partial charge < -0.3 is 9.53 Å². The van der Waals surface area contributed by atoms with E-state index in [1.165, 1.54) is 25.7 Å². The molecule has 17 heavy (non-hydrogen) atoms. The minimum Gasteiger partial charge on any atom is -0.478 e. The van der Waals surface area contributed by atoms with Crippen molar-refractivity contribution in [2.24, 2.45) is 0 Å². The van der Waals surface area contributed by atoms with Gasteiger partial charge in [0.25, 0.3) is 0 Å². The van der Waals surface area contributed by atoms with Crippen molar-refractivity contribution in [3.8, 4) is 0 Å². The molecule has 3 nitrogen and oxygen atoms in total. The number of hydrogen-bond acceptors (Lipinski definition) is 2. The number of carboxylic acid groups (broad SMARTS) is 1. The summed E-state index contributed by atoms with van der Waals surface area (Å²) < 4.78 is 5.58. The normalized spacial score (nSPS) is 13.1. The van der Waals surface area contributed by atoms with Crippen molar-refractivity contribution < 1.29 is 14.3 Å². The lowest BCUT2D eigenvalue weighted by Crippen LogP contribution is -2.10. The highest BCUT2D eigenvalue weighted by molar-refractivity contribution is 6.29. The van der Waals surface area contributed by atoms with Crippen LogP contribution in [0.25, 0.3) is 0 Å². The Kier molecular flexibility index (Phi) is 10.2. The summed E-state index contributed by atoms with van der Waals surface area (Å²) in [6.07, 6.45) is 6.45. The van der Waals surface area contributed by atoms with Crippen molar-refractivity contribution in [2.45, 2.75) is 57.9 Å². The molecule has 0 aliphatic heterocycles. The van der Waals surface area contributed by atoms with Gasteiger partial charge in [-0.1, -0.05) is 39.2 Å². The molecule has 1 unspecified atom stereocenters. The van der Waals surface area contributed by atoms with Crippen LogP contribution in [0.2, 0.25) is 5.54 Å². The van der Waals surface area contributed by atoms with Gasteiger partial charge in [0, 0.05) is 12.2 Å². The monoisotopic (exact) mass is 258 g/mol. The highest BCUT2D eigenvalue weighted by Gasteiger charge is 2.12. The van der Waals surface area contributed by atoms with Crippen LogP contribution in [0, 0.1) is 0 Å². The molecule has 0 saturated carbocycles. The third-order valence-corrected chi connectivity index (χ3v) is 4.86. The first-order valence-electron chi connectivity index (χ1n) is 6.60. The Bertz CT molecular complexity index is 229. The van der Waals surface area contributed by atoms with Gasteiger partial charge in [0.1, 0.15) is 0 Å². The second kappa shape index (κ2) is 10.5. The molecule has 0 saturated heterocycles. The van der Waals surface area contributed by atoms with Gasteiger partial charge in [-0.05, 0) is 25.3 Å². The Morgan fingerprint density at radius 3 is 2.59 bits per heavy atom. The summed E-state index contributed by atoms with van der Waals surface area (Å²) >= 11 is 0. The van der Waals surface area contributed by atoms with Crippen molar-refractivity contribution in [3.05, 3.63) is 12.2 Å². The van der Waals surface area contributed by atoms with Crippen molar-refractivity contribution in [1.82, 2.24) is 0 Å². The molecule has 0 aromatic rings. The highest BCUT2D eigenvalue weighted by Crippen LogP contribution is 2.22. The minimum atomic E-state index is -0.865. The lowest BCUT2D eigenvalue weighted by Gasteiger charge is -2.15. The van der Waals surface area contributed by atoms with Crippen LogP contribution in [0.4, 0.5) is 0 Å². The Labute approximate surface area is 107 Å². The highest BCUT2D eigenvalue weighted by atomic mass is 28.2. The van der Waals surface area contributed by atoms with E-state index in [-0.39, 0.29) is 0 Å². The summed E-state index contributed by atoms with van der Waals surface area (Å²) in [5, 5.41) is 8.77. The molecule has 0 radical (unpaired) electrons. The first kappa shape index (κ1) is 16.4. The van der Waals surface area contributed by atoms with Crippen molar-refractivity contribution in [3.63, 3.8) is 0 Å². The number of carboxylic acids is 1. The zero-order valence-electron chi connectivity index (χ0n) is 11.2. The lowest BCUT2D eigenvalue weighted by molar-refractivity contribution is -0.132. The minimum absolute atomic E-state index is 0.330. The second-order valence-electron chi connectivity index (χ2n) is 4.47. The van der Waals surface area contributed by atoms with Crippen molar-refractivity contribution in [2.75, 3.05) is 6.61 Å². The molecule has 1 N–H and O–H groups in total. The predicted octanol–water partition coefficient (Wildman–Crippen LogP) is 2.90. The molecule has 0 bridgehead atoms. The summed E-state index contributed by atoms with van der Waals surface area (Å²) in [7, 11) is -0.504. The molecule has 0 aliphatic rings. The quantitative estimate of drug-likeness (QED) is 0.352. The fourth-order valence-corrected chi connectivity index (χ4v) is 3.16. The number of hydrogen-bond donors (Lipinski definition) is 1. The third-order valence-electron chi connectivity index (χ3n) is 2.93. The Balaban J connectivity index is 3.91. The van der Waals surface area contributed by atoms with E-state index in [1.54, 1.807) is 0 Å². The molecule has 0 spiro atoms. The van der Waals surface area contributed by atoms with Gasteiger partial charge in [0.05, 0.1) is 0 Å². The molecule has 0 fully saturated rings. The molecule has 0 aromatic heterocycles. The molecule has 100 valence electrons. The summed E-state index contributed by atoms with van der Waals surface area (Å²) in [6, 6.07) is 0. The number of aliphatic carboxylic acids is 1. The molecule has 0 aromatic carbocycles. The van der Waals surface area contributed by atoms with E-state index in [0.717, 1.165) is 13.0 Å². The average Bonchev–Trinajstić information content (AvgIpc) is 2.31. The topological polar surface area (TPSA) is 46.5 Å². The van der Waals surface area contributed by atoms with Crippen LogP contribution in [-0.2, 0) is 9.22 Å². The standard InChI is InChI=1S/C13H26O3Si/c1-4-6-7-8-12(17-16-5-2)10-9-11(3)13(14)15/h12H,3-10,17H2,1-2H3,(H,14,15). The van der Waals surface area contributed by atoms with Crippen LogP contribution in [0.1, 0.15) is 52.4 Å². The van der Waals surface area contributed by atoms with Gasteiger partial charge in [-0.25, -0.2) is 4.79 Å². The van der Waals surface area contributed by atoms with E-state index in [2.05, 4.69) is 13.5 Å². The second-order valence-corrected chi connectivity index (χ2v) is 6.36. The molecule has 1 atom stereocenters. The molecule has 4 heteroatoms. The van der Waals surface area contributed by atoms with E-state index in [9.17, 15) is 4.79 Å². The van der Waals surface area contributed by atoms with E-state index in [0.29, 0.717) is 17.5 Å². The van der Waals surface area contributed by atoms with Crippen LogP contribution in [-0.4, -0.2) is 27.4 Å². The zero-order chi connectivity index (χ0) is 13.1. The van der Waals surface area contributed by atoms with Gasteiger partial charge in [0.15, 0.2) is 9.76 Å². The van der Waals surface area contributed by atoms with Crippen LogP contribution in [0.15, 0.2) is 12.2 Å². The van der Waals surface area contributed by atoms with Gasteiger partial charge in [-0.2, -0.15) is 0 Å².